The van der Waals surface area contributed by atoms with Gasteiger partial charge >= 0.3 is 0 Å². The fraction of sp³-hybridized carbons (Fsp3) is 0.933. The largest absolute Gasteiger partial charge is 0.393 e. The molecule has 4 saturated carbocycles. The van der Waals surface area contributed by atoms with Gasteiger partial charge in [0.25, 0.3) is 0 Å². The van der Waals surface area contributed by atoms with Crippen molar-refractivity contribution in [1.82, 2.24) is 0 Å². The van der Waals surface area contributed by atoms with Crippen LogP contribution in [0.5, 0.6) is 0 Å². The Labute approximate surface area is 192 Å². The molecule has 1 nitrogen and oxygen atoms in total. The highest BCUT2D eigenvalue weighted by Gasteiger charge is 2.67. The Bertz CT molecular complexity index is 764. The zero-order valence-electron chi connectivity index (χ0n) is 21.8. The summed E-state index contributed by atoms with van der Waals surface area (Å²) < 4.78 is 0. The summed E-state index contributed by atoms with van der Waals surface area (Å²) in [6.07, 6.45) is 13.1. The quantitative estimate of drug-likeness (QED) is 0.390. The van der Waals surface area contributed by atoms with Gasteiger partial charge in [0.2, 0.25) is 0 Å². The first-order valence-electron chi connectivity index (χ1n) is 13.8. The van der Waals surface area contributed by atoms with Gasteiger partial charge in [0, 0.05) is 0 Å². The standard InChI is InChI=1S/C30H50O/c1-18-17-19(2)21-11-15-29(7)22(26(21)20(18)3)9-10-24-28(6)14-13-25(31)27(4,5)23(28)12-16-30(24,29)8/h9,18-21,23-26,31H,10-17H2,1-8H3. The molecule has 11 atom stereocenters. The average Bonchev–Trinajstić information content (AvgIpc) is 2.69. The fourth-order valence-corrected chi connectivity index (χ4v) is 11.0. The molecule has 5 aliphatic carbocycles. The third-order valence-corrected chi connectivity index (χ3v) is 13.2. The Morgan fingerprint density at radius 2 is 1.55 bits per heavy atom. The second-order valence-electron chi connectivity index (χ2n) is 14.4. The van der Waals surface area contributed by atoms with E-state index < -0.39 is 0 Å². The van der Waals surface area contributed by atoms with Crippen molar-refractivity contribution in [3.63, 3.8) is 0 Å². The molecule has 176 valence electrons. The highest BCUT2D eigenvalue weighted by molar-refractivity contribution is 5.32. The second-order valence-corrected chi connectivity index (χ2v) is 14.4. The fourth-order valence-electron chi connectivity index (χ4n) is 11.0. The van der Waals surface area contributed by atoms with Gasteiger partial charge < -0.3 is 5.11 Å². The number of hydrogen-bond acceptors (Lipinski definition) is 1. The van der Waals surface area contributed by atoms with E-state index in [-0.39, 0.29) is 11.5 Å². The third-order valence-electron chi connectivity index (χ3n) is 13.2. The van der Waals surface area contributed by atoms with Crippen LogP contribution in [0.1, 0.15) is 107 Å². The first kappa shape index (κ1) is 22.5. The highest BCUT2D eigenvalue weighted by atomic mass is 16.3. The molecule has 0 bridgehead atoms. The van der Waals surface area contributed by atoms with Crippen molar-refractivity contribution in [2.24, 2.45) is 63.1 Å². The van der Waals surface area contributed by atoms with Gasteiger partial charge in [-0.3, -0.25) is 0 Å². The lowest BCUT2D eigenvalue weighted by atomic mass is 9.34. The van der Waals surface area contributed by atoms with Crippen LogP contribution in [-0.4, -0.2) is 11.2 Å². The van der Waals surface area contributed by atoms with E-state index >= 15 is 0 Å². The molecule has 1 heteroatoms. The predicted molar refractivity (Wildman–Crippen MR) is 131 cm³/mol. The molecule has 5 rings (SSSR count). The minimum absolute atomic E-state index is 0.0552. The van der Waals surface area contributed by atoms with Crippen LogP contribution in [0.2, 0.25) is 0 Å². The monoisotopic (exact) mass is 426 g/mol. The molecule has 0 amide bonds. The lowest BCUT2D eigenvalue weighted by Gasteiger charge is -2.71. The molecule has 0 aromatic rings. The summed E-state index contributed by atoms with van der Waals surface area (Å²) in [6, 6.07) is 0. The van der Waals surface area contributed by atoms with E-state index in [0.29, 0.717) is 22.2 Å². The van der Waals surface area contributed by atoms with Crippen LogP contribution < -0.4 is 0 Å². The van der Waals surface area contributed by atoms with Gasteiger partial charge in [-0.25, -0.2) is 0 Å². The van der Waals surface area contributed by atoms with Crippen molar-refractivity contribution in [2.75, 3.05) is 0 Å². The molecule has 0 aromatic heterocycles. The first-order valence-corrected chi connectivity index (χ1v) is 13.8. The molecule has 0 aromatic carbocycles. The van der Waals surface area contributed by atoms with Crippen LogP contribution >= 0.6 is 0 Å². The molecule has 0 heterocycles. The minimum Gasteiger partial charge on any atom is -0.393 e. The van der Waals surface area contributed by atoms with Crippen molar-refractivity contribution in [3.05, 3.63) is 11.6 Å². The van der Waals surface area contributed by atoms with Crippen LogP contribution in [0, 0.1) is 63.1 Å². The number of aliphatic hydroxyl groups is 1. The third kappa shape index (κ3) is 2.71. The maximum absolute atomic E-state index is 10.9. The zero-order chi connectivity index (χ0) is 22.6. The van der Waals surface area contributed by atoms with Gasteiger partial charge in [-0.1, -0.05) is 67.0 Å². The summed E-state index contributed by atoms with van der Waals surface area (Å²) in [6.45, 7) is 20.4. The zero-order valence-corrected chi connectivity index (χ0v) is 21.8. The Morgan fingerprint density at radius 3 is 2.26 bits per heavy atom. The SMILES string of the molecule is CC1CC(C)C2CCC3(C)C(=CCC4C5(C)CCC(O)C(C)(C)C5CCC43C)C2C1C. The summed E-state index contributed by atoms with van der Waals surface area (Å²) in [5.41, 5.74) is 3.10. The minimum atomic E-state index is -0.123. The lowest BCUT2D eigenvalue weighted by Crippen LogP contribution is -2.64. The molecule has 0 saturated heterocycles. The summed E-state index contributed by atoms with van der Waals surface area (Å²) in [5.74, 6) is 5.75. The molecular formula is C30H50O. The summed E-state index contributed by atoms with van der Waals surface area (Å²) in [5, 5.41) is 10.9. The Balaban J connectivity index is 1.57. The van der Waals surface area contributed by atoms with E-state index in [4.69, 9.17) is 0 Å². The molecular weight excluding hydrogens is 376 g/mol. The van der Waals surface area contributed by atoms with E-state index in [1.54, 1.807) is 0 Å². The molecule has 0 aliphatic heterocycles. The van der Waals surface area contributed by atoms with E-state index in [1.165, 1.54) is 44.9 Å². The summed E-state index contributed by atoms with van der Waals surface area (Å²) in [4.78, 5) is 0. The van der Waals surface area contributed by atoms with Crippen LogP contribution in [0.15, 0.2) is 11.6 Å². The number of allylic oxidation sites excluding steroid dienone is 2. The maximum atomic E-state index is 10.9. The van der Waals surface area contributed by atoms with Crippen LogP contribution in [0.3, 0.4) is 0 Å². The van der Waals surface area contributed by atoms with Gasteiger partial charge in [0.05, 0.1) is 6.10 Å². The van der Waals surface area contributed by atoms with E-state index in [1.807, 2.05) is 5.57 Å². The Hall–Kier alpha value is -0.300. The number of aliphatic hydroxyl groups excluding tert-OH is 1. The first-order chi connectivity index (χ1) is 14.4. The summed E-state index contributed by atoms with van der Waals surface area (Å²) in [7, 11) is 0. The average molecular weight is 427 g/mol. The Kier molecular flexibility index (Phi) is 4.98. The maximum Gasteiger partial charge on any atom is 0.0594 e. The molecule has 11 unspecified atom stereocenters. The summed E-state index contributed by atoms with van der Waals surface area (Å²) >= 11 is 0. The predicted octanol–water partition coefficient (Wildman–Crippen LogP) is 7.88. The van der Waals surface area contributed by atoms with Crippen molar-refractivity contribution >= 4 is 0 Å². The van der Waals surface area contributed by atoms with Crippen LogP contribution in [0.4, 0.5) is 0 Å². The van der Waals surface area contributed by atoms with Crippen molar-refractivity contribution in [3.8, 4) is 0 Å². The molecule has 4 fully saturated rings. The molecule has 31 heavy (non-hydrogen) atoms. The number of fused-ring (bicyclic) bond motifs is 7. The van der Waals surface area contributed by atoms with E-state index in [2.05, 4.69) is 61.5 Å². The molecule has 0 radical (unpaired) electrons. The second kappa shape index (κ2) is 6.86. The van der Waals surface area contributed by atoms with Gasteiger partial charge in [0.1, 0.15) is 0 Å². The molecule has 0 spiro atoms. The smallest absolute Gasteiger partial charge is 0.0594 e. The van der Waals surface area contributed by atoms with E-state index in [0.717, 1.165) is 41.9 Å². The highest BCUT2D eigenvalue weighted by Crippen LogP contribution is 2.74. The van der Waals surface area contributed by atoms with E-state index in [9.17, 15) is 5.11 Å². The van der Waals surface area contributed by atoms with Crippen LogP contribution in [0.25, 0.3) is 0 Å². The van der Waals surface area contributed by atoms with Gasteiger partial charge in [-0.2, -0.15) is 0 Å². The number of rotatable bonds is 0. The van der Waals surface area contributed by atoms with Crippen molar-refractivity contribution < 1.29 is 5.11 Å². The number of hydrogen-bond donors (Lipinski definition) is 1. The van der Waals surface area contributed by atoms with Gasteiger partial charge in [0.15, 0.2) is 0 Å². The molecule has 1 N–H and O–H groups in total. The normalized spacial score (nSPS) is 58.3. The lowest BCUT2D eigenvalue weighted by molar-refractivity contribution is -0.201. The van der Waals surface area contributed by atoms with Gasteiger partial charge in [-0.05, 0) is 114 Å². The topological polar surface area (TPSA) is 20.2 Å². The van der Waals surface area contributed by atoms with Crippen LogP contribution in [-0.2, 0) is 0 Å². The Morgan fingerprint density at radius 1 is 0.839 bits per heavy atom. The van der Waals surface area contributed by atoms with Gasteiger partial charge in [-0.15, -0.1) is 0 Å². The molecule has 5 aliphatic rings. The van der Waals surface area contributed by atoms with Crippen molar-refractivity contribution in [2.45, 2.75) is 113 Å². The van der Waals surface area contributed by atoms with Crippen molar-refractivity contribution in [1.29, 1.82) is 0 Å².